The summed E-state index contributed by atoms with van der Waals surface area (Å²) in [6.07, 6.45) is 1.33. The van der Waals surface area contributed by atoms with E-state index in [4.69, 9.17) is 5.73 Å². The van der Waals surface area contributed by atoms with Crippen LogP contribution in [-0.2, 0) is 25.6 Å². The molecule has 0 saturated carbocycles. The molecule has 8 heteroatoms. The van der Waals surface area contributed by atoms with Crippen molar-refractivity contribution in [3.05, 3.63) is 41.3 Å². The summed E-state index contributed by atoms with van der Waals surface area (Å²) in [5.41, 5.74) is 6.55. The zero-order valence-electron chi connectivity index (χ0n) is 9.98. The SMILES string of the molecule is Nc1ccccc1CS(=O)(=O)NC1C=CS(=O)(=O)C1. The van der Waals surface area contributed by atoms with Gasteiger partial charge in [0, 0.05) is 11.1 Å². The third-order valence-corrected chi connectivity index (χ3v) is 5.41. The van der Waals surface area contributed by atoms with Gasteiger partial charge in [0.15, 0.2) is 9.84 Å². The first kappa shape index (κ1) is 14.0. The monoisotopic (exact) mass is 302 g/mol. The van der Waals surface area contributed by atoms with E-state index in [1.54, 1.807) is 24.3 Å². The molecule has 19 heavy (non-hydrogen) atoms. The molecule has 0 aromatic heterocycles. The first-order chi connectivity index (χ1) is 8.77. The van der Waals surface area contributed by atoms with E-state index in [9.17, 15) is 16.8 Å². The number of rotatable bonds is 4. The van der Waals surface area contributed by atoms with Gasteiger partial charge in [0.2, 0.25) is 10.0 Å². The van der Waals surface area contributed by atoms with E-state index in [0.717, 1.165) is 5.41 Å². The van der Waals surface area contributed by atoms with Crippen molar-refractivity contribution < 1.29 is 16.8 Å². The van der Waals surface area contributed by atoms with Crippen molar-refractivity contribution in [1.29, 1.82) is 0 Å². The molecule has 0 spiro atoms. The second-order valence-electron chi connectivity index (χ2n) is 4.34. The van der Waals surface area contributed by atoms with Gasteiger partial charge < -0.3 is 5.73 Å². The molecule has 104 valence electrons. The van der Waals surface area contributed by atoms with E-state index < -0.39 is 25.9 Å². The Labute approximate surface area is 112 Å². The van der Waals surface area contributed by atoms with Gasteiger partial charge in [0.05, 0.1) is 17.5 Å². The van der Waals surface area contributed by atoms with Crippen molar-refractivity contribution in [2.24, 2.45) is 0 Å². The zero-order valence-corrected chi connectivity index (χ0v) is 11.6. The summed E-state index contributed by atoms with van der Waals surface area (Å²) < 4.78 is 48.6. The number of para-hydroxylation sites is 1. The summed E-state index contributed by atoms with van der Waals surface area (Å²) in [5.74, 6) is -0.513. The van der Waals surface area contributed by atoms with Crippen LogP contribution in [0.25, 0.3) is 0 Å². The zero-order chi connectivity index (χ0) is 14.1. The molecule has 2 rings (SSSR count). The fourth-order valence-corrected chi connectivity index (χ4v) is 4.51. The quantitative estimate of drug-likeness (QED) is 0.761. The lowest BCUT2D eigenvalue weighted by molar-refractivity contribution is 0.574. The van der Waals surface area contributed by atoms with Crippen molar-refractivity contribution in [2.45, 2.75) is 11.8 Å². The van der Waals surface area contributed by atoms with Gasteiger partial charge in [-0.25, -0.2) is 21.6 Å². The molecule has 1 aromatic carbocycles. The average molecular weight is 302 g/mol. The maximum Gasteiger partial charge on any atom is 0.216 e. The van der Waals surface area contributed by atoms with Crippen LogP contribution in [0.4, 0.5) is 5.69 Å². The average Bonchev–Trinajstić information content (AvgIpc) is 2.60. The maximum atomic E-state index is 11.9. The Morgan fingerprint density at radius 2 is 2.00 bits per heavy atom. The van der Waals surface area contributed by atoms with Crippen molar-refractivity contribution >= 4 is 25.5 Å². The molecular formula is C11H14N2O4S2. The minimum absolute atomic E-state index is 0.240. The van der Waals surface area contributed by atoms with E-state index in [1.807, 2.05) is 0 Å². The Hall–Kier alpha value is -1.38. The Morgan fingerprint density at radius 1 is 1.32 bits per heavy atom. The van der Waals surface area contributed by atoms with E-state index in [0.29, 0.717) is 11.3 Å². The van der Waals surface area contributed by atoms with Crippen molar-refractivity contribution in [3.8, 4) is 0 Å². The van der Waals surface area contributed by atoms with Crippen LogP contribution < -0.4 is 10.5 Å². The molecule has 0 amide bonds. The molecule has 3 N–H and O–H groups in total. The lowest BCUT2D eigenvalue weighted by Crippen LogP contribution is -2.36. The van der Waals surface area contributed by atoms with E-state index in [-0.39, 0.29) is 11.5 Å². The number of hydrogen-bond acceptors (Lipinski definition) is 5. The van der Waals surface area contributed by atoms with Crippen LogP contribution in [0.3, 0.4) is 0 Å². The van der Waals surface area contributed by atoms with Crippen molar-refractivity contribution in [3.63, 3.8) is 0 Å². The van der Waals surface area contributed by atoms with Crippen LogP contribution in [0.1, 0.15) is 5.56 Å². The van der Waals surface area contributed by atoms with Crippen LogP contribution in [0.5, 0.6) is 0 Å². The first-order valence-electron chi connectivity index (χ1n) is 5.52. The number of nitrogens with one attached hydrogen (secondary N) is 1. The minimum atomic E-state index is -3.64. The lowest BCUT2D eigenvalue weighted by Gasteiger charge is -2.11. The van der Waals surface area contributed by atoms with Crippen molar-refractivity contribution in [2.75, 3.05) is 11.5 Å². The van der Waals surface area contributed by atoms with Crippen LogP contribution in [-0.4, -0.2) is 28.6 Å². The van der Waals surface area contributed by atoms with Crippen LogP contribution in [0.2, 0.25) is 0 Å². The van der Waals surface area contributed by atoms with Crippen LogP contribution in [0.15, 0.2) is 35.7 Å². The Kier molecular flexibility index (Phi) is 3.66. The molecule has 0 saturated heterocycles. The molecule has 1 atom stereocenters. The fourth-order valence-electron chi connectivity index (χ4n) is 1.79. The van der Waals surface area contributed by atoms with Gasteiger partial charge in [-0.2, -0.15) is 0 Å². The summed E-state index contributed by atoms with van der Waals surface area (Å²) in [5, 5.41) is 1.02. The van der Waals surface area contributed by atoms with E-state index in [1.165, 1.54) is 6.08 Å². The number of hydrogen-bond donors (Lipinski definition) is 2. The molecule has 6 nitrogen and oxygen atoms in total. The third-order valence-electron chi connectivity index (χ3n) is 2.66. The number of sulfonamides is 1. The van der Waals surface area contributed by atoms with Gasteiger partial charge in [0.1, 0.15) is 0 Å². The third kappa shape index (κ3) is 3.79. The maximum absolute atomic E-state index is 11.9. The predicted octanol–water partition coefficient (Wildman–Crippen LogP) is -0.00110. The highest BCUT2D eigenvalue weighted by Gasteiger charge is 2.26. The van der Waals surface area contributed by atoms with Gasteiger partial charge in [0.25, 0.3) is 0 Å². The number of nitrogen functional groups attached to an aromatic ring is 1. The van der Waals surface area contributed by atoms with Crippen LogP contribution in [0, 0.1) is 0 Å². The van der Waals surface area contributed by atoms with Gasteiger partial charge >= 0.3 is 0 Å². The normalized spacial score (nSPS) is 21.6. The second kappa shape index (κ2) is 4.95. The minimum Gasteiger partial charge on any atom is -0.398 e. The van der Waals surface area contributed by atoms with Gasteiger partial charge in [-0.05, 0) is 11.6 Å². The number of sulfone groups is 1. The van der Waals surface area contributed by atoms with Gasteiger partial charge in [-0.3, -0.25) is 0 Å². The summed E-state index contributed by atoms with van der Waals surface area (Å²) in [6.45, 7) is 0. The molecule has 1 unspecified atom stereocenters. The Morgan fingerprint density at radius 3 is 2.58 bits per heavy atom. The summed E-state index contributed by atoms with van der Waals surface area (Å²) >= 11 is 0. The lowest BCUT2D eigenvalue weighted by atomic mass is 10.2. The van der Waals surface area contributed by atoms with Gasteiger partial charge in [-0.15, -0.1) is 0 Å². The Bertz CT molecular complexity index is 708. The molecule has 0 bridgehead atoms. The highest BCUT2D eigenvalue weighted by Crippen LogP contribution is 2.15. The highest BCUT2D eigenvalue weighted by molar-refractivity contribution is 7.94. The number of nitrogens with two attached hydrogens (primary N) is 1. The molecular weight excluding hydrogens is 288 g/mol. The molecule has 1 aromatic rings. The highest BCUT2D eigenvalue weighted by atomic mass is 32.2. The molecule has 1 heterocycles. The summed E-state index contributed by atoms with van der Waals surface area (Å²) in [4.78, 5) is 0. The first-order valence-corrected chi connectivity index (χ1v) is 8.88. The molecule has 1 aliphatic heterocycles. The molecule has 0 aliphatic carbocycles. The van der Waals surface area contributed by atoms with Crippen molar-refractivity contribution in [1.82, 2.24) is 4.72 Å². The predicted molar refractivity (Wildman–Crippen MR) is 73.3 cm³/mol. The fraction of sp³-hybridized carbons (Fsp3) is 0.273. The standard InChI is InChI=1S/C11H14N2O4S2/c12-11-4-2-1-3-9(11)7-19(16,17)13-10-5-6-18(14,15)8-10/h1-6,10,13H,7-8,12H2. The largest absolute Gasteiger partial charge is 0.398 e. The topological polar surface area (TPSA) is 106 Å². The second-order valence-corrected chi connectivity index (χ2v) is 8.03. The smallest absolute Gasteiger partial charge is 0.216 e. The van der Waals surface area contributed by atoms with Gasteiger partial charge in [-0.1, -0.05) is 24.3 Å². The van der Waals surface area contributed by atoms with Crippen LogP contribution >= 0.6 is 0 Å². The van der Waals surface area contributed by atoms with E-state index >= 15 is 0 Å². The van der Waals surface area contributed by atoms with E-state index in [2.05, 4.69) is 4.72 Å². The molecule has 0 fully saturated rings. The number of benzene rings is 1. The Balaban J connectivity index is 2.09. The molecule has 0 radical (unpaired) electrons. The summed E-state index contributed by atoms with van der Waals surface area (Å²) in [6, 6.07) is 5.94. The molecule has 1 aliphatic rings. The number of anilines is 1. The summed E-state index contributed by atoms with van der Waals surface area (Å²) in [7, 11) is -6.92.